The molecule has 5 nitrogen and oxygen atoms in total. The maximum absolute atomic E-state index is 5.20. The Bertz CT molecular complexity index is 556. The maximum atomic E-state index is 5.20. The predicted octanol–water partition coefficient (Wildman–Crippen LogP) is 3.38. The molecule has 0 saturated carbocycles. The third kappa shape index (κ3) is 7.40. The van der Waals surface area contributed by atoms with Gasteiger partial charge in [-0.1, -0.05) is 30.7 Å². The van der Waals surface area contributed by atoms with Gasteiger partial charge in [-0.3, -0.25) is 9.89 Å². The second-order valence-electron chi connectivity index (χ2n) is 7.39. The minimum Gasteiger partial charge on any atom is -0.380 e. The van der Waals surface area contributed by atoms with E-state index in [1.165, 1.54) is 43.5 Å². The second-order valence-corrected chi connectivity index (χ2v) is 7.39. The quantitative estimate of drug-likeness (QED) is 0.362. The van der Waals surface area contributed by atoms with Crippen LogP contribution in [-0.2, 0) is 17.9 Å². The van der Waals surface area contributed by atoms with E-state index in [2.05, 4.69) is 58.6 Å². The van der Waals surface area contributed by atoms with E-state index >= 15 is 0 Å². The fourth-order valence-corrected chi connectivity index (χ4v) is 3.31. The molecule has 0 aliphatic carbocycles. The van der Waals surface area contributed by atoms with E-state index in [0.717, 1.165) is 19.0 Å². The lowest BCUT2D eigenvalue weighted by molar-refractivity contribution is 0.0982. The number of nitrogens with zero attached hydrogens (tertiary/aromatic N) is 2. The number of likely N-dealkylation sites (tertiary alicyclic amines) is 1. The van der Waals surface area contributed by atoms with Gasteiger partial charge in [-0.25, -0.2) is 0 Å². The Kier molecular flexibility index (Phi) is 10.5. The molecule has 1 heterocycles. The van der Waals surface area contributed by atoms with E-state index in [0.29, 0.717) is 6.61 Å². The highest BCUT2D eigenvalue weighted by molar-refractivity contribution is 14.0. The first-order chi connectivity index (χ1) is 12.0. The fraction of sp³-hybridized carbons (Fsp3) is 0.650. The van der Waals surface area contributed by atoms with Gasteiger partial charge >= 0.3 is 0 Å². The lowest BCUT2D eigenvalue weighted by atomic mass is 9.98. The molecular weight excluding hydrogens is 439 g/mol. The molecule has 1 aliphatic rings. The molecule has 0 aromatic heterocycles. The molecule has 26 heavy (non-hydrogen) atoms. The van der Waals surface area contributed by atoms with Gasteiger partial charge in [0.15, 0.2) is 5.96 Å². The molecule has 0 spiro atoms. The first-order valence-electron chi connectivity index (χ1n) is 9.31. The van der Waals surface area contributed by atoms with Crippen LogP contribution in [0.3, 0.4) is 0 Å². The Hall–Kier alpha value is -0.860. The Morgan fingerprint density at radius 2 is 1.85 bits per heavy atom. The molecular formula is C20H35IN4O. The molecule has 1 fully saturated rings. The van der Waals surface area contributed by atoms with Crippen molar-refractivity contribution in [2.24, 2.45) is 4.99 Å². The minimum absolute atomic E-state index is 0. The molecule has 1 aromatic rings. The van der Waals surface area contributed by atoms with E-state index in [1.807, 2.05) is 7.05 Å². The number of rotatable bonds is 7. The topological polar surface area (TPSA) is 48.9 Å². The van der Waals surface area contributed by atoms with E-state index in [1.54, 1.807) is 7.11 Å². The average Bonchev–Trinajstić information content (AvgIpc) is 2.63. The largest absolute Gasteiger partial charge is 0.380 e. The molecule has 148 valence electrons. The minimum atomic E-state index is 0. The summed E-state index contributed by atoms with van der Waals surface area (Å²) in [4.78, 5) is 6.95. The summed E-state index contributed by atoms with van der Waals surface area (Å²) >= 11 is 0. The molecule has 1 aliphatic heterocycles. The van der Waals surface area contributed by atoms with Crippen LogP contribution in [0.25, 0.3) is 0 Å². The molecule has 0 atom stereocenters. The number of hydrogen-bond acceptors (Lipinski definition) is 3. The summed E-state index contributed by atoms with van der Waals surface area (Å²) in [6, 6.07) is 8.45. The zero-order chi connectivity index (χ0) is 18.1. The van der Waals surface area contributed by atoms with E-state index < -0.39 is 0 Å². The van der Waals surface area contributed by atoms with Crippen molar-refractivity contribution in [2.75, 3.05) is 33.8 Å². The average molecular weight is 474 g/mol. The van der Waals surface area contributed by atoms with Gasteiger partial charge in [0, 0.05) is 32.8 Å². The summed E-state index contributed by atoms with van der Waals surface area (Å²) < 4.78 is 5.20. The molecule has 2 N–H and O–H groups in total. The lowest BCUT2D eigenvalue weighted by Gasteiger charge is -2.41. The number of ether oxygens (including phenoxy) is 1. The Morgan fingerprint density at radius 1 is 1.15 bits per heavy atom. The van der Waals surface area contributed by atoms with Crippen molar-refractivity contribution in [3.63, 3.8) is 0 Å². The molecule has 1 aromatic carbocycles. The van der Waals surface area contributed by atoms with Crippen LogP contribution in [0.5, 0.6) is 0 Å². The van der Waals surface area contributed by atoms with Gasteiger partial charge in [0.05, 0.1) is 6.61 Å². The molecule has 0 amide bonds. The van der Waals surface area contributed by atoms with Crippen LogP contribution >= 0.6 is 24.0 Å². The van der Waals surface area contributed by atoms with Crippen molar-refractivity contribution in [3.05, 3.63) is 35.4 Å². The number of hydrogen-bond donors (Lipinski definition) is 2. The number of piperidine rings is 1. The smallest absolute Gasteiger partial charge is 0.191 e. The van der Waals surface area contributed by atoms with Gasteiger partial charge in [-0.05, 0) is 50.9 Å². The summed E-state index contributed by atoms with van der Waals surface area (Å²) in [5, 5.41) is 6.90. The van der Waals surface area contributed by atoms with Crippen LogP contribution < -0.4 is 10.6 Å². The SMILES string of the molecule is CN=C(NCc1cccc(COC)c1)NCC(C)(C)N1CCCCC1.I. The van der Waals surface area contributed by atoms with Crippen molar-refractivity contribution < 1.29 is 4.74 Å². The van der Waals surface area contributed by atoms with Gasteiger partial charge in [-0.2, -0.15) is 0 Å². The van der Waals surface area contributed by atoms with Gasteiger partial charge in [-0.15, -0.1) is 24.0 Å². The zero-order valence-electron chi connectivity index (χ0n) is 16.7. The summed E-state index contributed by atoms with van der Waals surface area (Å²) in [6.07, 6.45) is 3.99. The molecule has 0 unspecified atom stereocenters. The summed E-state index contributed by atoms with van der Waals surface area (Å²) in [5.74, 6) is 0.849. The van der Waals surface area contributed by atoms with E-state index in [9.17, 15) is 0 Å². The van der Waals surface area contributed by atoms with Crippen molar-refractivity contribution in [2.45, 2.75) is 51.8 Å². The standard InChI is InChI=1S/C20H34N4O.HI/c1-20(2,24-11-6-5-7-12-24)16-23-19(21-3)22-14-17-9-8-10-18(13-17)15-25-4;/h8-10,13H,5-7,11-12,14-16H2,1-4H3,(H2,21,22,23);1H. The zero-order valence-corrected chi connectivity index (χ0v) is 19.0. The Morgan fingerprint density at radius 3 is 2.50 bits per heavy atom. The van der Waals surface area contributed by atoms with Gasteiger partial charge in [0.2, 0.25) is 0 Å². The molecule has 1 saturated heterocycles. The highest BCUT2D eigenvalue weighted by atomic mass is 127. The van der Waals surface area contributed by atoms with Crippen molar-refractivity contribution in [1.82, 2.24) is 15.5 Å². The summed E-state index contributed by atoms with van der Waals surface area (Å²) in [7, 11) is 3.55. The number of nitrogens with one attached hydrogen (secondary N) is 2. The highest BCUT2D eigenvalue weighted by Gasteiger charge is 2.27. The normalized spacial score (nSPS) is 16.1. The summed E-state index contributed by atoms with van der Waals surface area (Å²) in [5.41, 5.74) is 2.56. The number of halogens is 1. The number of methoxy groups -OCH3 is 1. The first kappa shape index (κ1) is 23.2. The Balaban J connectivity index is 0.00000338. The second kappa shape index (κ2) is 11.8. The molecule has 0 radical (unpaired) electrons. The molecule has 2 rings (SSSR count). The number of guanidine groups is 1. The fourth-order valence-electron chi connectivity index (χ4n) is 3.31. The van der Waals surface area contributed by atoms with Crippen molar-refractivity contribution >= 4 is 29.9 Å². The lowest BCUT2D eigenvalue weighted by Crippen LogP contribution is -2.54. The molecule has 0 bridgehead atoms. The number of aliphatic imine (C=N–C) groups is 1. The van der Waals surface area contributed by atoms with Crippen LogP contribution in [0.15, 0.2) is 29.3 Å². The first-order valence-corrected chi connectivity index (χ1v) is 9.31. The summed E-state index contributed by atoms with van der Waals surface area (Å²) in [6.45, 7) is 9.31. The Labute approximate surface area is 176 Å². The predicted molar refractivity (Wildman–Crippen MR) is 120 cm³/mol. The van der Waals surface area contributed by atoms with Crippen LogP contribution in [-0.4, -0.2) is 50.2 Å². The molecule has 6 heteroatoms. The van der Waals surface area contributed by atoms with Crippen molar-refractivity contribution in [3.8, 4) is 0 Å². The third-order valence-corrected chi connectivity index (χ3v) is 4.89. The number of benzene rings is 1. The van der Waals surface area contributed by atoms with Crippen LogP contribution in [0.1, 0.15) is 44.2 Å². The van der Waals surface area contributed by atoms with Gasteiger partial charge in [0.1, 0.15) is 0 Å². The van der Waals surface area contributed by atoms with Crippen LogP contribution in [0, 0.1) is 0 Å². The van der Waals surface area contributed by atoms with Gasteiger partial charge in [0.25, 0.3) is 0 Å². The van der Waals surface area contributed by atoms with E-state index in [4.69, 9.17) is 4.74 Å². The van der Waals surface area contributed by atoms with Crippen LogP contribution in [0.4, 0.5) is 0 Å². The third-order valence-electron chi connectivity index (χ3n) is 4.89. The highest BCUT2D eigenvalue weighted by Crippen LogP contribution is 2.19. The van der Waals surface area contributed by atoms with Crippen LogP contribution in [0.2, 0.25) is 0 Å². The van der Waals surface area contributed by atoms with E-state index in [-0.39, 0.29) is 29.5 Å². The monoisotopic (exact) mass is 474 g/mol. The maximum Gasteiger partial charge on any atom is 0.191 e. The van der Waals surface area contributed by atoms with Gasteiger partial charge < -0.3 is 15.4 Å². The van der Waals surface area contributed by atoms with Crippen molar-refractivity contribution in [1.29, 1.82) is 0 Å².